The molecule has 0 aliphatic heterocycles. The molecule has 4 aromatic rings. The molecule has 0 unspecified atom stereocenters. The van der Waals surface area contributed by atoms with Gasteiger partial charge in [-0.05, 0) is 37.6 Å². The van der Waals surface area contributed by atoms with Crippen LogP contribution in [0.3, 0.4) is 0 Å². The summed E-state index contributed by atoms with van der Waals surface area (Å²) < 4.78 is 3.73. The maximum Gasteiger partial charge on any atom is 0.144 e. The maximum atomic E-state index is 9.32. The third-order valence-corrected chi connectivity index (χ3v) is 4.54. The van der Waals surface area contributed by atoms with Gasteiger partial charge in [0.05, 0.1) is 11.9 Å². The zero-order valence-corrected chi connectivity index (χ0v) is 14.9. The van der Waals surface area contributed by atoms with Crippen LogP contribution >= 0.6 is 0 Å². The number of imidazole rings is 1. The second-order valence-electron chi connectivity index (χ2n) is 6.21. The van der Waals surface area contributed by atoms with Crippen LogP contribution in [0.5, 0.6) is 0 Å². The van der Waals surface area contributed by atoms with Crippen LogP contribution in [0.4, 0.5) is 0 Å². The van der Waals surface area contributed by atoms with E-state index in [1.165, 1.54) is 0 Å². The number of rotatable bonds is 3. The Balaban J connectivity index is 2.00. The highest BCUT2D eigenvalue weighted by Gasteiger charge is 2.20. The van der Waals surface area contributed by atoms with E-state index in [1.54, 1.807) is 6.20 Å². The molecular weight excluding hydrogens is 324 g/mol. The predicted molar refractivity (Wildman–Crippen MR) is 99.5 cm³/mol. The lowest BCUT2D eigenvalue weighted by Gasteiger charge is -2.07. The molecule has 26 heavy (non-hydrogen) atoms. The fourth-order valence-corrected chi connectivity index (χ4v) is 3.33. The van der Waals surface area contributed by atoms with Crippen LogP contribution in [-0.2, 0) is 13.5 Å². The topological polar surface area (TPSA) is 71.8 Å². The average molecular weight is 342 g/mol. The van der Waals surface area contributed by atoms with E-state index in [9.17, 15) is 5.26 Å². The highest BCUT2D eigenvalue weighted by atomic mass is 15.3. The first kappa shape index (κ1) is 16.0. The lowest BCUT2D eigenvalue weighted by atomic mass is 10.0. The van der Waals surface area contributed by atoms with Gasteiger partial charge in [0.1, 0.15) is 23.1 Å². The number of pyridine rings is 2. The van der Waals surface area contributed by atoms with Crippen molar-refractivity contribution in [3.8, 4) is 28.6 Å². The smallest absolute Gasteiger partial charge is 0.144 e. The van der Waals surface area contributed by atoms with E-state index in [0.717, 1.165) is 46.0 Å². The highest BCUT2D eigenvalue weighted by Crippen LogP contribution is 2.34. The van der Waals surface area contributed by atoms with Gasteiger partial charge in [-0.1, -0.05) is 13.0 Å². The number of nitriles is 1. The molecule has 0 aromatic carbocycles. The molecule has 6 nitrogen and oxygen atoms in total. The molecular formula is C20H18N6. The summed E-state index contributed by atoms with van der Waals surface area (Å²) >= 11 is 0. The monoisotopic (exact) mass is 342 g/mol. The predicted octanol–water partition coefficient (Wildman–Crippen LogP) is 3.54. The number of aromatic nitrogens is 5. The molecule has 0 bridgehead atoms. The molecule has 128 valence electrons. The molecule has 0 N–H and O–H groups in total. The number of fused-ring (bicyclic) bond motifs is 1. The molecule has 0 aliphatic rings. The van der Waals surface area contributed by atoms with Gasteiger partial charge < -0.3 is 0 Å². The quantitative estimate of drug-likeness (QED) is 0.571. The molecule has 0 spiro atoms. The molecule has 4 rings (SSSR count). The maximum absolute atomic E-state index is 9.32. The molecule has 0 amide bonds. The standard InChI is InChI=1S/C20H18N6/c1-4-17-19(14-8-9-18-22-11-15(10-21)26(18)12-14)20(24-25(17)3)16-7-5-6-13(2)23-16/h5-9,11-12H,4H2,1-3H3. The zero-order valence-electron chi connectivity index (χ0n) is 14.9. The first-order valence-corrected chi connectivity index (χ1v) is 8.50. The molecule has 0 atom stereocenters. The van der Waals surface area contributed by atoms with Crippen molar-refractivity contribution in [1.29, 1.82) is 5.26 Å². The molecule has 0 saturated heterocycles. The van der Waals surface area contributed by atoms with E-state index in [-0.39, 0.29) is 0 Å². The first-order chi connectivity index (χ1) is 12.6. The van der Waals surface area contributed by atoms with Crippen molar-refractivity contribution in [2.24, 2.45) is 7.05 Å². The number of nitrogens with zero attached hydrogens (tertiary/aromatic N) is 6. The van der Waals surface area contributed by atoms with Crippen LogP contribution in [0, 0.1) is 18.3 Å². The highest BCUT2D eigenvalue weighted by molar-refractivity contribution is 5.81. The van der Waals surface area contributed by atoms with Crippen molar-refractivity contribution >= 4 is 5.65 Å². The van der Waals surface area contributed by atoms with E-state index in [2.05, 4.69) is 23.0 Å². The molecule has 4 heterocycles. The summed E-state index contributed by atoms with van der Waals surface area (Å²) in [5.41, 5.74) is 7.09. The van der Waals surface area contributed by atoms with Gasteiger partial charge >= 0.3 is 0 Å². The van der Waals surface area contributed by atoms with Crippen molar-refractivity contribution in [3.63, 3.8) is 0 Å². The van der Waals surface area contributed by atoms with Crippen LogP contribution in [0.15, 0.2) is 42.7 Å². The molecule has 0 radical (unpaired) electrons. The Morgan fingerprint density at radius 1 is 1.19 bits per heavy atom. The van der Waals surface area contributed by atoms with Gasteiger partial charge in [0.15, 0.2) is 0 Å². The van der Waals surface area contributed by atoms with E-state index < -0.39 is 0 Å². The van der Waals surface area contributed by atoms with E-state index in [4.69, 9.17) is 5.10 Å². The van der Waals surface area contributed by atoms with Gasteiger partial charge in [-0.2, -0.15) is 10.4 Å². The minimum atomic E-state index is 0.513. The van der Waals surface area contributed by atoms with Crippen molar-refractivity contribution in [2.75, 3.05) is 0 Å². The van der Waals surface area contributed by atoms with Crippen molar-refractivity contribution in [1.82, 2.24) is 24.1 Å². The van der Waals surface area contributed by atoms with Gasteiger partial charge in [0, 0.05) is 35.8 Å². The zero-order chi connectivity index (χ0) is 18.3. The lowest BCUT2D eigenvalue weighted by Crippen LogP contribution is -1.97. The number of hydrogen-bond donors (Lipinski definition) is 0. The second-order valence-corrected chi connectivity index (χ2v) is 6.21. The van der Waals surface area contributed by atoms with Gasteiger partial charge in [-0.15, -0.1) is 0 Å². The van der Waals surface area contributed by atoms with Gasteiger partial charge in [0.25, 0.3) is 0 Å². The van der Waals surface area contributed by atoms with Crippen molar-refractivity contribution < 1.29 is 0 Å². The van der Waals surface area contributed by atoms with Crippen LogP contribution in [0.1, 0.15) is 24.0 Å². The molecule has 6 heteroatoms. The largest absolute Gasteiger partial charge is 0.291 e. The third-order valence-electron chi connectivity index (χ3n) is 4.54. The summed E-state index contributed by atoms with van der Waals surface area (Å²) in [4.78, 5) is 8.93. The molecule has 0 saturated carbocycles. The van der Waals surface area contributed by atoms with Gasteiger partial charge in [-0.25, -0.2) is 4.98 Å². The van der Waals surface area contributed by atoms with Crippen molar-refractivity contribution in [3.05, 3.63) is 59.8 Å². The Labute approximate surface area is 151 Å². The SMILES string of the molecule is CCc1c(-c2ccc3ncc(C#N)n3c2)c(-c2cccc(C)n2)nn1C. The van der Waals surface area contributed by atoms with Crippen LogP contribution in [-0.4, -0.2) is 24.1 Å². The Morgan fingerprint density at radius 3 is 2.77 bits per heavy atom. The summed E-state index contributed by atoms with van der Waals surface area (Å²) in [6.07, 6.45) is 4.39. The van der Waals surface area contributed by atoms with E-state index in [0.29, 0.717) is 5.69 Å². The van der Waals surface area contributed by atoms with E-state index >= 15 is 0 Å². The minimum Gasteiger partial charge on any atom is -0.291 e. The first-order valence-electron chi connectivity index (χ1n) is 8.50. The van der Waals surface area contributed by atoms with Gasteiger partial charge in [0.2, 0.25) is 0 Å². The second kappa shape index (κ2) is 6.12. The molecule has 0 aliphatic carbocycles. The Bertz CT molecular complexity index is 1160. The fraction of sp³-hybridized carbons (Fsp3) is 0.200. The third kappa shape index (κ3) is 2.45. The summed E-state index contributed by atoms with van der Waals surface area (Å²) in [6.45, 7) is 4.09. The lowest BCUT2D eigenvalue weighted by molar-refractivity contribution is 0.720. The number of hydrogen-bond acceptors (Lipinski definition) is 4. The van der Waals surface area contributed by atoms with Crippen molar-refractivity contribution in [2.45, 2.75) is 20.3 Å². The summed E-state index contributed by atoms with van der Waals surface area (Å²) in [6, 6.07) is 12.1. The Hall–Kier alpha value is -3.46. The summed E-state index contributed by atoms with van der Waals surface area (Å²) in [7, 11) is 1.96. The normalized spacial score (nSPS) is 11.0. The van der Waals surface area contributed by atoms with Crippen LogP contribution in [0.25, 0.3) is 28.2 Å². The molecule has 4 aromatic heterocycles. The summed E-state index contributed by atoms with van der Waals surface area (Å²) in [5, 5.41) is 14.1. The number of aryl methyl sites for hydroxylation is 2. The van der Waals surface area contributed by atoms with E-state index in [1.807, 2.05) is 59.6 Å². The summed E-state index contributed by atoms with van der Waals surface area (Å²) in [5.74, 6) is 0. The van der Waals surface area contributed by atoms with Crippen LogP contribution < -0.4 is 0 Å². The van der Waals surface area contributed by atoms with Crippen LogP contribution in [0.2, 0.25) is 0 Å². The fourth-order valence-electron chi connectivity index (χ4n) is 3.33. The molecule has 0 fully saturated rings. The Morgan fingerprint density at radius 2 is 2.04 bits per heavy atom. The Kier molecular flexibility index (Phi) is 3.77. The van der Waals surface area contributed by atoms with Gasteiger partial charge in [-0.3, -0.25) is 14.1 Å². The minimum absolute atomic E-state index is 0.513. The average Bonchev–Trinajstić information content (AvgIpc) is 3.21.